The van der Waals surface area contributed by atoms with Crippen molar-refractivity contribution in [3.8, 4) is 11.5 Å². The van der Waals surface area contributed by atoms with E-state index in [1.807, 2.05) is 44.4 Å². The number of carboxylic acid groups (broad SMARTS) is 1. The second kappa shape index (κ2) is 13.8. The Hall–Kier alpha value is -4.22. The number of aliphatic carboxylic acids is 1. The van der Waals surface area contributed by atoms with Crippen molar-refractivity contribution in [2.45, 2.75) is 37.8 Å². The quantitative estimate of drug-likeness (QED) is 0.325. The van der Waals surface area contributed by atoms with Gasteiger partial charge in [-0.2, -0.15) is 0 Å². The first-order valence-electron chi connectivity index (χ1n) is 15.0. The van der Waals surface area contributed by atoms with E-state index in [2.05, 4.69) is 10.2 Å². The van der Waals surface area contributed by atoms with Gasteiger partial charge >= 0.3 is 5.97 Å². The number of fused-ring (bicyclic) bond motifs is 1. The van der Waals surface area contributed by atoms with E-state index in [1.165, 1.54) is 0 Å². The molecule has 0 bridgehead atoms. The molecule has 11 heteroatoms. The largest absolute Gasteiger partial charge is 0.496 e. The average molecular weight is 624 g/mol. The first-order chi connectivity index (χ1) is 21.6. The van der Waals surface area contributed by atoms with Crippen molar-refractivity contribution >= 4 is 17.6 Å². The molecule has 2 atom stereocenters. The molecule has 9 nitrogen and oxygen atoms in total. The van der Waals surface area contributed by atoms with Gasteiger partial charge in [-0.1, -0.05) is 24.3 Å². The summed E-state index contributed by atoms with van der Waals surface area (Å²) >= 11 is 0. The molecule has 2 aliphatic rings. The minimum Gasteiger partial charge on any atom is -0.496 e. The maximum atomic E-state index is 15.1. The van der Waals surface area contributed by atoms with Gasteiger partial charge in [0.05, 0.1) is 27.4 Å². The van der Waals surface area contributed by atoms with E-state index >= 15 is 8.78 Å². The normalized spacial score (nSPS) is 16.8. The zero-order valence-electron chi connectivity index (χ0n) is 26.0. The van der Waals surface area contributed by atoms with Crippen LogP contribution in [-0.4, -0.2) is 82.5 Å². The van der Waals surface area contributed by atoms with Crippen LogP contribution in [0, 0.1) is 11.6 Å². The Bertz CT molecular complexity index is 1550. The summed E-state index contributed by atoms with van der Waals surface area (Å²) in [7, 11) is 7.24. The molecule has 2 N–H and O–H groups in total. The van der Waals surface area contributed by atoms with Crippen LogP contribution in [0.2, 0.25) is 0 Å². The summed E-state index contributed by atoms with van der Waals surface area (Å²) in [6, 6.07) is 10.4. The molecule has 1 saturated heterocycles. The Labute approximate surface area is 261 Å². The minimum absolute atomic E-state index is 0.0546. The number of carbonyl (C=O) groups is 2. The summed E-state index contributed by atoms with van der Waals surface area (Å²) in [5.74, 6) is -3.13. The molecule has 240 valence electrons. The Morgan fingerprint density at radius 3 is 2.40 bits per heavy atom. The summed E-state index contributed by atoms with van der Waals surface area (Å²) in [6.07, 6.45) is 1.37. The topological polar surface area (TPSA) is 101 Å². The predicted octanol–water partition coefficient (Wildman–Crippen LogP) is 4.38. The van der Waals surface area contributed by atoms with E-state index in [0.29, 0.717) is 50.7 Å². The summed E-state index contributed by atoms with van der Waals surface area (Å²) < 4.78 is 47.1. The molecule has 5 rings (SSSR count). The van der Waals surface area contributed by atoms with E-state index in [1.54, 1.807) is 19.1 Å². The summed E-state index contributed by atoms with van der Waals surface area (Å²) in [5, 5.41) is 12.4. The Balaban J connectivity index is 1.41. The van der Waals surface area contributed by atoms with Crippen LogP contribution in [0.1, 0.15) is 50.5 Å². The molecule has 0 aromatic heterocycles. The fraction of sp³-hybridized carbons (Fsp3) is 0.412. The van der Waals surface area contributed by atoms with Gasteiger partial charge in [0.2, 0.25) is 0 Å². The van der Waals surface area contributed by atoms with E-state index in [0.717, 1.165) is 52.1 Å². The number of rotatable bonds is 11. The third kappa shape index (κ3) is 6.74. The van der Waals surface area contributed by atoms with E-state index in [-0.39, 0.29) is 12.3 Å². The molecular formula is C34H39F2N3O6. The Morgan fingerprint density at radius 1 is 1.07 bits per heavy atom. The highest BCUT2D eigenvalue weighted by Crippen LogP contribution is 2.48. The van der Waals surface area contributed by atoms with Gasteiger partial charge in [-0.05, 0) is 61.8 Å². The lowest BCUT2D eigenvalue weighted by Gasteiger charge is -2.29. The monoisotopic (exact) mass is 623 g/mol. The summed E-state index contributed by atoms with van der Waals surface area (Å²) in [5.41, 5.74) is 4.20. The Morgan fingerprint density at radius 2 is 1.78 bits per heavy atom. The number of nitrogens with one attached hydrogen (secondary N) is 1. The molecule has 1 heterocycles. The second-order valence-electron chi connectivity index (χ2n) is 11.6. The number of anilines is 1. The highest BCUT2D eigenvalue weighted by Gasteiger charge is 2.33. The number of nitrogens with zero attached hydrogens (tertiary/aromatic N) is 2. The molecule has 1 aliphatic heterocycles. The third-order valence-corrected chi connectivity index (χ3v) is 8.52. The number of amides is 1. The molecule has 45 heavy (non-hydrogen) atoms. The second-order valence-corrected chi connectivity index (χ2v) is 11.6. The fourth-order valence-electron chi connectivity index (χ4n) is 6.49. The van der Waals surface area contributed by atoms with Crippen LogP contribution in [0.25, 0.3) is 0 Å². The SMILES string of the molecule is COc1ccc(CN(C)C)c(OC)c1C1CCc2c(CC(NC(=O)c3c(F)cc(N4CCOCC4)cc3F)C(=O)O)cccc21. The first kappa shape index (κ1) is 32.2. The van der Waals surface area contributed by atoms with Crippen LogP contribution in [0.15, 0.2) is 42.5 Å². The van der Waals surface area contributed by atoms with Crippen molar-refractivity contribution in [1.82, 2.24) is 10.2 Å². The van der Waals surface area contributed by atoms with Crippen LogP contribution in [0.5, 0.6) is 11.5 Å². The highest BCUT2D eigenvalue weighted by atomic mass is 19.1. The van der Waals surface area contributed by atoms with Gasteiger partial charge in [0.15, 0.2) is 0 Å². The van der Waals surface area contributed by atoms with Gasteiger partial charge in [0.25, 0.3) is 5.91 Å². The van der Waals surface area contributed by atoms with Crippen molar-refractivity contribution in [3.63, 3.8) is 0 Å². The molecule has 1 fully saturated rings. The molecule has 0 radical (unpaired) electrons. The lowest BCUT2D eigenvalue weighted by molar-refractivity contribution is -0.139. The molecule has 0 spiro atoms. The number of morpholine rings is 1. The zero-order chi connectivity index (χ0) is 32.2. The van der Waals surface area contributed by atoms with E-state index in [4.69, 9.17) is 14.2 Å². The van der Waals surface area contributed by atoms with Gasteiger partial charge < -0.3 is 34.4 Å². The van der Waals surface area contributed by atoms with Crippen molar-refractivity contribution in [3.05, 3.63) is 87.5 Å². The smallest absolute Gasteiger partial charge is 0.326 e. The number of hydrogen-bond acceptors (Lipinski definition) is 7. The molecule has 2 unspecified atom stereocenters. The van der Waals surface area contributed by atoms with Crippen LogP contribution in [0.4, 0.5) is 14.5 Å². The molecular weight excluding hydrogens is 584 g/mol. The molecule has 3 aromatic carbocycles. The van der Waals surface area contributed by atoms with Crippen molar-refractivity contribution in [2.75, 3.05) is 59.5 Å². The number of carboxylic acids is 1. The van der Waals surface area contributed by atoms with Gasteiger partial charge in [-0.3, -0.25) is 4.79 Å². The lowest BCUT2D eigenvalue weighted by Crippen LogP contribution is -2.43. The van der Waals surface area contributed by atoms with Gasteiger partial charge in [-0.25, -0.2) is 13.6 Å². The maximum absolute atomic E-state index is 15.1. The van der Waals surface area contributed by atoms with Gasteiger partial charge in [0.1, 0.15) is 34.7 Å². The number of halogens is 2. The number of benzene rings is 3. The number of ether oxygens (including phenoxy) is 3. The summed E-state index contributed by atoms with van der Waals surface area (Å²) in [6.45, 7) is 2.47. The summed E-state index contributed by atoms with van der Waals surface area (Å²) in [4.78, 5) is 29.2. The van der Waals surface area contributed by atoms with E-state index in [9.17, 15) is 14.7 Å². The number of methoxy groups -OCH3 is 2. The molecule has 0 saturated carbocycles. The number of carbonyl (C=O) groups excluding carboxylic acids is 1. The maximum Gasteiger partial charge on any atom is 0.326 e. The van der Waals surface area contributed by atoms with Crippen molar-refractivity contribution in [2.24, 2.45) is 0 Å². The molecule has 1 aliphatic carbocycles. The standard InChI is InChI=1S/C34H39F2N3O6/c1-38(2)19-21-8-11-29(43-3)30(32(21)44-4)25-10-9-23-20(6-5-7-24(23)25)16-28(34(41)42)37-33(40)31-26(35)17-22(18-27(31)36)39-12-14-45-15-13-39/h5-8,11,17-18,25,28H,9-10,12-16,19H2,1-4H3,(H,37,40)(H,41,42). The first-order valence-corrected chi connectivity index (χ1v) is 15.0. The van der Waals surface area contributed by atoms with Crippen molar-refractivity contribution < 1.29 is 37.7 Å². The third-order valence-electron chi connectivity index (χ3n) is 8.52. The average Bonchev–Trinajstić information content (AvgIpc) is 3.45. The predicted molar refractivity (Wildman–Crippen MR) is 166 cm³/mol. The fourth-order valence-corrected chi connectivity index (χ4v) is 6.49. The molecule has 3 aromatic rings. The van der Waals surface area contributed by atoms with Crippen LogP contribution in [-0.2, 0) is 28.9 Å². The number of hydrogen-bond donors (Lipinski definition) is 2. The van der Waals surface area contributed by atoms with Crippen molar-refractivity contribution in [1.29, 1.82) is 0 Å². The molecule has 1 amide bonds. The zero-order valence-corrected chi connectivity index (χ0v) is 26.0. The van der Waals surface area contributed by atoms with Gasteiger partial charge in [-0.15, -0.1) is 0 Å². The van der Waals surface area contributed by atoms with E-state index < -0.39 is 35.1 Å². The van der Waals surface area contributed by atoms with Crippen LogP contribution < -0.4 is 19.7 Å². The van der Waals surface area contributed by atoms with Crippen LogP contribution >= 0.6 is 0 Å². The van der Waals surface area contributed by atoms with Crippen LogP contribution in [0.3, 0.4) is 0 Å². The lowest BCUT2D eigenvalue weighted by atomic mass is 9.88. The van der Waals surface area contributed by atoms with Gasteiger partial charge in [0, 0.05) is 48.8 Å². The highest BCUT2D eigenvalue weighted by molar-refractivity contribution is 5.97. The minimum atomic E-state index is -1.41. The Kier molecular flexibility index (Phi) is 9.89.